The average molecular weight is 282 g/mol. The monoisotopic (exact) mass is 282 g/mol. The number of amides is 2. The van der Waals surface area contributed by atoms with E-state index in [0.29, 0.717) is 30.6 Å². The molecule has 0 atom stereocenters. The summed E-state index contributed by atoms with van der Waals surface area (Å²) in [6, 6.07) is 4.05. The summed E-state index contributed by atoms with van der Waals surface area (Å²) in [7, 11) is 3.34. The highest BCUT2D eigenvalue weighted by atomic mass is 19.1. The minimum absolute atomic E-state index is 0.0754. The molecule has 0 aromatic heterocycles. The van der Waals surface area contributed by atoms with E-state index in [0.717, 1.165) is 0 Å². The summed E-state index contributed by atoms with van der Waals surface area (Å²) in [6.45, 7) is 0.793. The molecule has 0 aliphatic carbocycles. The van der Waals surface area contributed by atoms with E-state index in [4.69, 9.17) is 5.84 Å². The van der Waals surface area contributed by atoms with Gasteiger partial charge in [-0.15, -0.1) is 0 Å². The lowest BCUT2D eigenvalue weighted by atomic mass is 10.1. The molecule has 0 saturated carbocycles. The van der Waals surface area contributed by atoms with Crippen LogP contribution in [0.4, 0.5) is 4.39 Å². The average Bonchev–Trinajstić information content (AvgIpc) is 2.46. The van der Waals surface area contributed by atoms with Crippen LogP contribution in [0.3, 0.4) is 0 Å². The number of rotatable bonds is 6. The summed E-state index contributed by atoms with van der Waals surface area (Å²) in [5, 5.41) is 2.52. The maximum atomic E-state index is 13.7. The summed E-state index contributed by atoms with van der Waals surface area (Å²) in [5.41, 5.74) is 2.68. The highest BCUT2D eigenvalue weighted by Gasteiger charge is 2.11. The zero-order chi connectivity index (χ0) is 15.1. The highest BCUT2D eigenvalue weighted by Crippen LogP contribution is 2.13. The molecule has 0 unspecified atom stereocenters. The van der Waals surface area contributed by atoms with Crippen LogP contribution >= 0.6 is 0 Å². The van der Waals surface area contributed by atoms with Crippen LogP contribution in [-0.4, -0.2) is 37.4 Å². The van der Waals surface area contributed by atoms with Gasteiger partial charge in [0.25, 0.3) is 5.91 Å². The molecule has 0 fully saturated rings. The van der Waals surface area contributed by atoms with Gasteiger partial charge < -0.3 is 10.2 Å². The molecule has 0 spiro atoms. The van der Waals surface area contributed by atoms with Crippen LogP contribution in [-0.2, 0) is 11.3 Å². The van der Waals surface area contributed by atoms with Crippen LogP contribution in [0.25, 0.3) is 0 Å². The number of halogens is 1. The summed E-state index contributed by atoms with van der Waals surface area (Å²) in [4.78, 5) is 24.3. The Morgan fingerprint density at radius 2 is 2.10 bits per heavy atom. The molecule has 20 heavy (non-hydrogen) atoms. The van der Waals surface area contributed by atoms with Gasteiger partial charge in [-0.2, -0.15) is 0 Å². The molecule has 0 aliphatic rings. The van der Waals surface area contributed by atoms with Crippen LogP contribution in [0.5, 0.6) is 0 Å². The Morgan fingerprint density at radius 1 is 1.40 bits per heavy atom. The smallest absolute Gasteiger partial charge is 0.265 e. The number of hydrogen-bond donors (Lipinski definition) is 3. The Balaban J connectivity index is 2.71. The fourth-order valence-corrected chi connectivity index (χ4v) is 1.71. The van der Waals surface area contributed by atoms with Gasteiger partial charge in [0, 0.05) is 37.7 Å². The van der Waals surface area contributed by atoms with Gasteiger partial charge in [-0.3, -0.25) is 15.0 Å². The Hall–Kier alpha value is -1.99. The first-order valence-corrected chi connectivity index (χ1v) is 6.16. The number of hydrazine groups is 1. The number of nitrogen functional groups attached to an aromatic ring is 1. The summed E-state index contributed by atoms with van der Waals surface area (Å²) in [6.07, 6.45) is 0.331. The Labute approximate surface area is 117 Å². The summed E-state index contributed by atoms with van der Waals surface area (Å²) >= 11 is 0. The van der Waals surface area contributed by atoms with Gasteiger partial charge in [-0.1, -0.05) is 0 Å². The Bertz CT molecular complexity index is 493. The standard InChI is InChI=1S/C13H19FN4O2/c1-16-12(19)5-6-18(2)8-10-7-9(13(20)17-15)3-4-11(10)14/h3-4,7H,5-6,8,15H2,1-2H3,(H,16,19)(H,17,20). The highest BCUT2D eigenvalue weighted by molar-refractivity contribution is 5.93. The predicted molar refractivity (Wildman–Crippen MR) is 73.1 cm³/mol. The number of nitrogens with zero attached hydrogens (tertiary/aromatic N) is 1. The maximum Gasteiger partial charge on any atom is 0.265 e. The first-order chi connectivity index (χ1) is 9.47. The van der Waals surface area contributed by atoms with Crippen LogP contribution in [0.2, 0.25) is 0 Å². The molecule has 1 aromatic carbocycles. The molecular formula is C13H19FN4O2. The van der Waals surface area contributed by atoms with E-state index in [1.807, 2.05) is 5.43 Å². The van der Waals surface area contributed by atoms with Crippen molar-refractivity contribution in [1.82, 2.24) is 15.6 Å². The molecule has 2 amide bonds. The molecule has 0 saturated heterocycles. The Kier molecular flexibility index (Phi) is 6.08. The van der Waals surface area contributed by atoms with Crippen molar-refractivity contribution in [2.45, 2.75) is 13.0 Å². The van der Waals surface area contributed by atoms with Gasteiger partial charge in [-0.05, 0) is 25.2 Å². The molecular weight excluding hydrogens is 263 g/mol. The summed E-state index contributed by atoms with van der Waals surface area (Å²) < 4.78 is 13.7. The van der Waals surface area contributed by atoms with Crippen molar-refractivity contribution in [2.75, 3.05) is 20.6 Å². The molecule has 0 radical (unpaired) electrons. The van der Waals surface area contributed by atoms with E-state index in [9.17, 15) is 14.0 Å². The second-order valence-corrected chi connectivity index (χ2v) is 4.44. The zero-order valence-corrected chi connectivity index (χ0v) is 11.6. The van der Waals surface area contributed by atoms with Crippen molar-refractivity contribution < 1.29 is 14.0 Å². The minimum Gasteiger partial charge on any atom is -0.359 e. The number of carbonyl (C=O) groups is 2. The largest absolute Gasteiger partial charge is 0.359 e. The van der Waals surface area contributed by atoms with E-state index in [2.05, 4.69) is 5.32 Å². The number of benzene rings is 1. The fraction of sp³-hybridized carbons (Fsp3) is 0.385. The first kappa shape index (κ1) is 16.1. The third kappa shape index (κ3) is 4.60. The van der Waals surface area contributed by atoms with E-state index >= 15 is 0 Å². The molecule has 7 heteroatoms. The molecule has 1 rings (SSSR count). The van der Waals surface area contributed by atoms with E-state index < -0.39 is 11.7 Å². The molecule has 110 valence electrons. The van der Waals surface area contributed by atoms with Crippen LogP contribution < -0.4 is 16.6 Å². The molecule has 6 nitrogen and oxygen atoms in total. The first-order valence-electron chi connectivity index (χ1n) is 6.16. The van der Waals surface area contributed by atoms with Crippen LogP contribution in [0.15, 0.2) is 18.2 Å². The van der Waals surface area contributed by atoms with Gasteiger partial charge >= 0.3 is 0 Å². The van der Waals surface area contributed by atoms with Gasteiger partial charge in [0.15, 0.2) is 0 Å². The number of nitrogens with two attached hydrogens (primary N) is 1. The number of carbonyl (C=O) groups excluding carboxylic acids is 2. The second-order valence-electron chi connectivity index (χ2n) is 4.44. The van der Waals surface area contributed by atoms with Crippen molar-refractivity contribution in [1.29, 1.82) is 0 Å². The van der Waals surface area contributed by atoms with Crippen molar-refractivity contribution in [3.63, 3.8) is 0 Å². The molecule has 1 aromatic rings. The quantitative estimate of drug-likeness (QED) is 0.389. The molecule has 0 aliphatic heterocycles. The lowest BCUT2D eigenvalue weighted by molar-refractivity contribution is -0.120. The van der Waals surface area contributed by atoms with Crippen molar-refractivity contribution >= 4 is 11.8 Å². The number of hydrogen-bond acceptors (Lipinski definition) is 4. The van der Waals surface area contributed by atoms with Crippen molar-refractivity contribution in [3.8, 4) is 0 Å². The Morgan fingerprint density at radius 3 is 2.70 bits per heavy atom. The van der Waals surface area contributed by atoms with Crippen LogP contribution in [0.1, 0.15) is 22.3 Å². The minimum atomic E-state index is -0.473. The van der Waals surface area contributed by atoms with Gasteiger partial charge in [0.2, 0.25) is 5.91 Å². The normalized spacial score (nSPS) is 10.4. The van der Waals surface area contributed by atoms with Crippen LogP contribution in [0, 0.1) is 5.82 Å². The van der Waals surface area contributed by atoms with E-state index in [1.165, 1.54) is 18.2 Å². The number of nitrogens with one attached hydrogen (secondary N) is 2. The maximum absolute atomic E-state index is 13.7. The van der Waals surface area contributed by atoms with Gasteiger partial charge in [0.05, 0.1) is 0 Å². The lowest BCUT2D eigenvalue weighted by Gasteiger charge is -2.17. The van der Waals surface area contributed by atoms with Crippen molar-refractivity contribution in [2.24, 2.45) is 5.84 Å². The second kappa shape index (κ2) is 7.56. The van der Waals surface area contributed by atoms with Gasteiger partial charge in [-0.25, -0.2) is 10.2 Å². The van der Waals surface area contributed by atoms with E-state index in [1.54, 1.807) is 19.0 Å². The van der Waals surface area contributed by atoms with Crippen molar-refractivity contribution in [3.05, 3.63) is 35.1 Å². The third-order valence-electron chi connectivity index (χ3n) is 2.88. The van der Waals surface area contributed by atoms with E-state index in [-0.39, 0.29) is 5.91 Å². The SMILES string of the molecule is CNC(=O)CCN(C)Cc1cc(C(=O)NN)ccc1F. The predicted octanol–water partition coefficient (Wildman–Crippen LogP) is -0.00290. The molecule has 0 heterocycles. The summed E-state index contributed by atoms with van der Waals surface area (Å²) in [5.74, 6) is 4.10. The molecule has 4 N–H and O–H groups in total. The lowest BCUT2D eigenvalue weighted by Crippen LogP contribution is -2.30. The fourth-order valence-electron chi connectivity index (χ4n) is 1.71. The topological polar surface area (TPSA) is 87.5 Å². The molecule has 0 bridgehead atoms. The third-order valence-corrected chi connectivity index (χ3v) is 2.88. The zero-order valence-electron chi connectivity index (χ0n) is 11.6. The van der Waals surface area contributed by atoms with Gasteiger partial charge in [0.1, 0.15) is 5.82 Å².